The second-order valence-electron chi connectivity index (χ2n) is 3.65. The van der Waals surface area contributed by atoms with Crippen molar-refractivity contribution in [3.8, 4) is 5.75 Å². The van der Waals surface area contributed by atoms with Crippen molar-refractivity contribution in [2.75, 3.05) is 45.5 Å². The second-order valence-corrected chi connectivity index (χ2v) is 3.65. The Hall–Kier alpha value is -1.46. The number of hydrogen-bond acceptors (Lipinski definition) is 5. The minimum absolute atomic E-state index is 0.00870. The summed E-state index contributed by atoms with van der Waals surface area (Å²) in [6.07, 6.45) is -0.00870. The van der Waals surface area contributed by atoms with Crippen LogP contribution in [0, 0.1) is 0 Å². The number of rotatable bonds is 7. The average Bonchev–Trinajstić information content (AvgIpc) is 2.36. The predicted octanol–water partition coefficient (Wildman–Crippen LogP) is 1.35. The topological polar surface area (TPSA) is 65.7 Å². The van der Waals surface area contributed by atoms with E-state index in [0.717, 1.165) is 11.4 Å². The van der Waals surface area contributed by atoms with E-state index in [1.54, 1.807) is 27.4 Å². The Labute approximate surface area is 102 Å². The second kappa shape index (κ2) is 6.98. The van der Waals surface area contributed by atoms with Crippen molar-refractivity contribution in [1.82, 2.24) is 0 Å². The number of nitrogen functional groups attached to an aromatic ring is 1. The summed E-state index contributed by atoms with van der Waals surface area (Å²) in [7, 11) is 4.92. The highest BCUT2D eigenvalue weighted by molar-refractivity contribution is 5.68. The number of ether oxygens (including phenoxy) is 3. The van der Waals surface area contributed by atoms with Crippen LogP contribution >= 0.6 is 0 Å². The molecule has 0 spiro atoms. The maximum absolute atomic E-state index is 5.86. The molecule has 1 atom stereocenters. The highest BCUT2D eigenvalue weighted by atomic mass is 16.5. The number of hydrogen-bond donors (Lipinski definition) is 2. The van der Waals surface area contributed by atoms with Gasteiger partial charge in [0.15, 0.2) is 0 Å². The maximum atomic E-state index is 5.86. The first kappa shape index (κ1) is 13.6. The Kier molecular flexibility index (Phi) is 5.59. The van der Waals surface area contributed by atoms with Crippen molar-refractivity contribution in [3.63, 3.8) is 0 Å². The molecule has 0 aliphatic heterocycles. The highest BCUT2D eigenvalue weighted by Gasteiger charge is 2.08. The Morgan fingerprint density at radius 3 is 2.65 bits per heavy atom. The van der Waals surface area contributed by atoms with E-state index in [1.165, 1.54) is 0 Å². The van der Waals surface area contributed by atoms with E-state index in [9.17, 15) is 0 Å². The van der Waals surface area contributed by atoms with Gasteiger partial charge in [-0.2, -0.15) is 0 Å². The molecule has 5 heteroatoms. The third-order valence-electron chi connectivity index (χ3n) is 2.47. The molecule has 3 N–H and O–H groups in total. The molecule has 0 saturated heterocycles. The summed E-state index contributed by atoms with van der Waals surface area (Å²) in [5.41, 5.74) is 7.37. The normalized spacial score (nSPS) is 12.2. The molecule has 0 aromatic heterocycles. The van der Waals surface area contributed by atoms with Crippen LogP contribution in [0.5, 0.6) is 5.75 Å². The molecule has 0 fully saturated rings. The number of nitrogens with two attached hydrogens (primary N) is 1. The van der Waals surface area contributed by atoms with Crippen molar-refractivity contribution in [2.24, 2.45) is 0 Å². The van der Waals surface area contributed by atoms with Crippen molar-refractivity contribution in [3.05, 3.63) is 18.2 Å². The lowest BCUT2D eigenvalue weighted by atomic mass is 10.2. The van der Waals surface area contributed by atoms with Crippen molar-refractivity contribution < 1.29 is 14.2 Å². The number of methoxy groups -OCH3 is 3. The Morgan fingerprint density at radius 1 is 1.29 bits per heavy atom. The number of nitrogens with one attached hydrogen (secondary N) is 1. The van der Waals surface area contributed by atoms with Gasteiger partial charge in [0.25, 0.3) is 0 Å². The van der Waals surface area contributed by atoms with Gasteiger partial charge in [0.2, 0.25) is 0 Å². The number of benzene rings is 1. The van der Waals surface area contributed by atoms with E-state index >= 15 is 0 Å². The van der Waals surface area contributed by atoms with Crippen LogP contribution in [0.1, 0.15) is 0 Å². The van der Waals surface area contributed by atoms with Gasteiger partial charge in [-0.05, 0) is 12.1 Å². The summed E-state index contributed by atoms with van der Waals surface area (Å²) in [5.74, 6) is 0.766. The molecule has 17 heavy (non-hydrogen) atoms. The smallest absolute Gasteiger partial charge is 0.121 e. The zero-order valence-corrected chi connectivity index (χ0v) is 10.5. The summed E-state index contributed by atoms with van der Waals surface area (Å²) >= 11 is 0. The monoisotopic (exact) mass is 240 g/mol. The van der Waals surface area contributed by atoms with Crippen LogP contribution in [0.4, 0.5) is 11.4 Å². The molecule has 0 radical (unpaired) electrons. The van der Waals surface area contributed by atoms with Crippen LogP contribution in [0.25, 0.3) is 0 Å². The summed E-state index contributed by atoms with van der Waals surface area (Å²) in [4.78, 5) is 0. The van der Waals surface area contributed by atoms with Crippen LogP contribution in [0.2, 0.25) is 0 Å². The maximum Gasteiger partial charge on any atom is 0.121 e. The van der Waals surface area contributed by atoms with Gasteiger partial charge >= 0.3 is 0 Å². The lowest BCUT2D eigenvalue weighted by molar-refractivity contribution is 0.0366. The van der Waals surface area contributed by atoms with Crippen LogP contribution < -0.4 is 15.8 Å². The highest BCUT2D eigenvalue weighted by Crippen LogP contribution is 2.24. The van der Waals surface area contributed by atoms with E-state index in [0.29, 0.717) is 18.8 Å². The first-order valence-electron chi connectivity index (χ1n) is 5.40. The average molecular weight is 240 g/mol. The van der Waals surface area contributed by atoms with E-state index < -0.39 is 0 Å². The standard InChI is InChI=1S/C12H20N2O3/c1-15-8-10(17-3)7-14-12-6-9(16-2)4-5-11(12)13/h4-6,10,14H,7-8,13H2,1-3H3. The van der Waals surface area contributed by atoms with Crippen molar-refractivity contribution in [2.45, 2.75) is 6.10 Å². The molecule has 1 aromatic carbocycles. The molecule has 1 unspecified atom stereocenters. The fourth-order valence-electron chi connectivity index (χ4n) is 1.44. The first-order valence-corrected chi connectivity index (χ1v) is 5.40. The van der Waals surface area contributed by atoms with Gasteiger partial charge in [0, 0.05) is 26.8 Å². The van der Waals surface area contributed by atoms with Gasteiger partial charge < -0.3 is 25.3 Å². The number of anilines is 2. The van der Waals surface area contributed by atoms with Crippen molar-refractivity contribution >= 4 is 11.4 Å². The molecule has 0 aliphatic carbocycles. The lowest BCUT2D eigenvalue weighted by Crippen LogP contribution is -2.26. The molecule has 0 aliphatic rings. The molecule has 1 rings (SSSR count). The minimum atomic E-state index is -0.00870. The molecule has 5 nitrogen and oxygen atoms in total. The molecule has 1 aromatic rings. The van der Waals surface area contributed by atoms with Crippen molar-refractivity contribution in [1.29, 1.82) is 0 Å². The summed E-state index contributed by atoms with van der Waals surface area (Å²) in [5, 5.41) is 3.21. The van der Waals surface area contributed by atoms with Crippen LogP contribution in [0.15, 0.2) is 18.2 Å². The van der Waals surface area contributed by atoms with Gasteiger partial charge in [-0.25, -0.2) is 0 Å². The molecule has 96 valence electrons. The largest absolute Gasteiger partial charge is 0.497 e. The molecular formula is C12H20N2O3. The summed E-state index contributed by atoms with van der Waals surface area (Å²) < 4.78 is 15.4. The summed E-state index contributed by atoms with van der Waals surface area (Å²) in [6, 6.07) is 5.48. The molecule has 0 saturated carbocycles. The van der Waals surface area contributed by atoms with Gasteiger partial charge in [0.1, 0.15) is 5.75 Å². The predicted molar refractivity (Wildman–Crippen MR) is 68.6 cm³/mol. The SMILES string of the molecule is COCC(CNc1cc(OC)ccc1N)OC. The lowest BCUT2D eigenvalue weighted by Gasteiger charge is -2.17. The molecule has 0 bridgehead atoms. The quantitative estimate of drug-likeness (QED) is 0.704. The molecule has 0 heterocycles. The Morgan fingerprint density at radius 2 is 2.06 bits per heavy atom. The molecule has 0 amide bonds. The van der Waals surface area contributed by atoms with Gasteiger partial charge in [0.05, 0.1) is 31.2 Å². The van der Waals surface area contributed by atoms with Crippen LogP contribution in [-0.4, -0.2) is 40.6 Å². The minimum Gasteiger partial charge on any atom is -0.497 e. The van der Waals surface area contributed by atoms with Gasteiger partial charge in [-0.1, -0.05) is 0 Å². The van der Waals surface area contributed by atoms with Gasteiger partial charge in [-0.3, -0.25) is 0 Å². The van der Waals surface area contributed by atoms with E-state index in [-0.39, 0.29) is 6.10 Å². The van der Waals surface area contributed by atoms with Gasteiger partial charge in [-0.15, -0.1) is 0 Å². The van der Waals surface area contributed by atoms with E-state index in [1.807, 2.05) is 12.1 Å². The third kappa shape index (κ3) is 4.13. The zero-order valence-electron chi connectivity index (χ0n) is 10.5. The first-order chi connectivity index (χ1) is 8.21. The third-order valence-corrected chi connectivity index (χ3v) is 2.47. The Balaban J connectivity index is 2.60. The zero-order chi connectivity index (χ0) is 12.7. The Bertz CT molecular complexity index is 345. The van der Waals surface area contributed by atoms with Crippen LogP contribution in [0.3, 0.4) is 0 Å². The van der Waals surface area contributed by atoms with Crippen LogP contribution in [-0.2, 0) is 9.47 Å². The summed E-state index contributed by atoms with van der Waals surface area (Å²) in [6.45, 7) is 1.16. The molecular weight excluding hydrogens is 220 g/mol. The fourth-order valence-corrected chi connectivity index (χ4v) is 1.44. The van der Waals surface area contributed by atoms with E-state index in [2.05, 4.69) is 5.32 Å². The van der Waals surface area contributed by atoms with E-state index in [4.69, 9.17) is 19.9 Å². The fraction of sp³-hybridized carbons (Fsp3) is 0.500.